The summed E-state index contributed by atoms with van der Waals surface area (Å²) in [7, 11) is -3.48. The van der Waals surface area contributed by atoms with Crippen molar-refractivity contribution in [2.45, 2.75) is 18.7 Å². The molecule has 0 aliphatic heterocycles. The zero-order chi connectivity index (χ0) is 6.78. The van der Waals surface area contributed by atoms with Crippen molar-refractivity contribution in [3.63, 3.8) is 0 Å². The fraction of sp³-hybridized carbons (Fsp3) is 1.00. The van der Waals surface area contributed by atoms with Crippen molar-refractivity contribution in [2.24, 2.45) is 10.9 Å². The van der Waals surface area contributed by atoms with E-state index >= 15 is 0 Å². The van der Waals surface area contributed by atoms with Gasteiger partial charge in [0.05, 0.1) is 0 Å². The van der Waals surface area contributed by atoms with Crippen LogP contribution in [0.4, 0.5) is 0 Å². The quantitative estimate of drug-likeness (QED) is 0.511. The Morgan fingerprint density at radius 2 is 2.00 bits per heavy atom. The van der Waals surface area contributed by atoms with Gasteiger partial charge in [0.1, 0.15) is 5.37 Å². The Morgan fingerprint density at radius 1 is 1.62 bits per heavy atom. The lowest BCUT2D eigenvalue weighted by molar-refractivity contribution is 0.579. The monoisotopic (exact) mass is 138 g/mol. The average Bonchev–Trinajstić information content (AvgIpc) is 1.62. The van der Waals surface area contributed by atoms with Crippen molar-refractivity contribution in [1.29, 1.82) is 0 Å². The molecule has 8 heavy (non-hydrogen) atoms. The summed E-state index contributed by atoms with van der Waals surface area (Å²) in [6.45, 7) is 1.66. The molecule has 0 spiro atoms. The number of hydrogen-bond donors (Lipinski definition) is 2. The molecule has 0 aromatic carbocycles. The van der Waals surface area contributed by atoms with Crippen molar-refractivity contribution >= 4 is 10.0 Å². The van der Waals surface area contributed by atoms with E-state index in [9.17, 15) is 8.42 Å². The number of hydrogen-bond acceptors (Lipinski definition) is 3. The highest BCUT2D eigenvalue weighted by Gasteiger charge is 2.11. The minimum atomic E-state index is -3.48. The first-order valence-electron chi connectivity index (χ1n) is 2.25. The SMILES string of the molecule is CCC(N)S(N)(=O)=O. The van der Waals surface area contributed by atoms with Gasteiger partial charge in [-0.25, -0.2) is 13.6 Å². The van der Waals surface area contributed by atoms with Crippen LogP contribution in [0.15, 0.2) is 0 Å². The van der Waals surface area contributed by atoms with E-state index in [1.165, 1.54) is 0 Å². The van der Waals surface area contributed by atoms with Crippen molar-refractivity contribution in [1.82, 2.24) is 0 Å². The second-order valence-electron chi connectivity index (χ2n) is 1.54. The molecule has 0 radical (unpaired) electrons. The van der Waals surface area contributed by atoms with Gasteiger partial charge < -0.3 is 5.73 Å². The van der Waals surface area contributed by atoms with Gasteiger partial charge in [0, 0.05) is 0 Å². The largest absolute Gasteiger partial charge is 0.314 e. The molecule has 1 atom stereocenters. The standard InChI is InChI=1S/C3H10N2O2S/c1-2-3(4)8(5,6)7/h3H,2,4H2,1H3,(H2,5,6,7). The first kappa shape index (κ1) is 7.87. The van der Waals surface area contributed by atoms with Crippen LogP contribution in [0.2, 0.25) is 0 Å². The van der Waals surface area contributed by atoms with Crippen LogP contribution in [0.1, 0.15) is 13.3 Å². The number of primary sulfonamides is 1. The van der Waals surface area contributed by atoms with Crippen LogP contribution in [0, 0.1) is 0 Å². The molecular weight excluding hydrogens is 128 g/mol. The summed E-state index contributed by atoms with van der Waals surface area (Å²) < 4.78 is 20.4. The van der Waals surface area contributed by atoms with Gasteiger partial charge in [0.2, 0.25) is 10.0 Å². The summed E-state index contributed by atoms with van der Waals surface area (Å²) in [4.78, 5) is 0. The third-order valence-electron chi connectivity index (χ3n) is 0.824. The van der Waals surface area contributed by atoms with Gasteiger partial charge in [-0.1, -0.05) is 6.92 Å². The summed E-state index contributed by atoms with van der Waals surface area (Å²) in [6, 6.07) is 0. The lowest BCUT2D eigenvalue weighted by atomic mass is 10.5. The fourth-order valence-electron chi connectivity index (χ4n) is 0.232. The average molecular weight is 138 g/mol. The molecule has 0 aliphatic rings. The van der Waals surface area contributed by atoms with E-state index in [-0.39, 0.29) is 0 Å². The van der Waals surface area contributed by atoms with Crippen LogP contribution < -0.4 is 10.9 Å². The van der Waals surface area contributed by atoms with Crippen LogP contribution >= 0.6 is 0 Å². The van der Waals surface area contributed by atoms with Crippen LogP contribution in [0.25, 0.3) is 0 Å². The van der Waals surface area contributed by atoms with E-state index in [2.05, 4.69) is 5.14 Å². The van der Waals surface area contributed by atoms with Gasteiger partial charge in [-0.15, -0.1) is 0 Å². The normalized spacial score (nSPS) is 15.9. The van der Waals surface area contributed by atoms with Crippen LogP contribution in [-0.4, -0.2) is 13.8 Å². The highest BCUT2D eigenvalue weighted by Crippen LogP contribution is 1.90. The Bertz CT molecular complexity index is 151. The smallest absolute Gasteiger partial charge is 0.224 e. The molecule has 0 saturated carbocycles. The Kier molecular flexibility index (Phi) is 2.39. The highest BCUT2D eigenvalue weighted by atomic mass is 32.2. The molecule has 0 aliphatic carbocycles. The molecule has 5 heteroatoms. The maximum absolute atomic E-state index is 10.2. The molecule has 0 heterocycles. The second kappa shape index (κ2) is 2.43. The Labute approximate surface area is 48.9 Å². The third-order valence-corrected chi connectivity index (χ3v) is 2.00. The molecule has 4 nitrogen and oxygen atoms in total. The van der Waals surface area contributed by atoms with Gasteiger partial charge in [0.25, 0.3) is 0 Å². The predicted molar refractivity (Wildman–Crippen MR) is 31.4 cm³/mol. The maximum atomic E-state index is 10.2. The first-order chi connectivity index (χ1) is 3.48. The van der Waals surface area contributed by atoms with Crippen molar-refractivity contribution in [3.8, 4) is 0 Å². The van der Waals surface area contributed by atoms with E-state index in [0.29, 0.717) is 6.42 Å². The summed E-state index contributed by atoms with van der Waals surface area (Å²) in [6.07, 6.45) is 0.360. The van der Waals surface area contributed by atoms with Gasteiger partial charge in [-0.05, 0) is 6.42 Å². The van der Waals surface area contributed by atoms with Crippen molar-refractivity contribution < 1.29 is 8.42 Å². The van der Waals surface area contributed by atoms with Crippen LogP contribution in [-0.2, 0) is 10.0 Å². The summed E-state index contributed by atoms with van der Waals surface area (Å²) in [5.74, 6) is 0. The summed E-state index contributed by atoms with van der Waals surface area (Å²) >= 11 is 0. The number of nitrogens with two attached hydrogens (primary N) is 2. The molecule has 0 bridgehead atoms. The maximum Gasteiger partial charge on any atom is 0.224 e. The number of sulfonamides is 1. The lowest BCUT2D eigenvalue weighted by Gasteiger charge is -2.02. The van der Waals surface area contributed by atoms with Gasteiger partial charge in [0.15, 0.2) is 0 Å². The van der Waals surface area contributed by atoms with Gasteiger partial charge >= 0.3 is 0 Å². The van der Waals surface area contributed by atoms with Crippen LogP contribution in [0.3, 0.4) is 0 Å². The molecule has 50 valence electrons. The number of rotatable bonds is 2. The molecule has 0 rings (SSSR count). The Hall–Kier alpha value is -0.130. The molecule has 0 aromatic heterocycles. The summed E-state index contributed by atoms with van der Waals surface area (Å²) in [5, 5.41) is 3.74. The van der Waals surface area contributed by atoms with Gasteiger partial charge in [-0.2, -0.15) is 0 Å². The molecule has 0 fully saturated rings. The minimum Gasteiger partial charge on any atom is -0.314 e. The van der Waals surface area contributed by atoms with Crippen LogP contribution in [0.5, 0.6) is 0 Å². The van der Waals surface area contributed by atoms with Crippen molar-refractivity contribution in [2.75, 3.05) is 0 Å². The van der Waals surface area contributed by atoms with E-state index in [1.54, 1.807) is 6.92 Å². The molecule has 1 unspecified atom stereocenters. The molecule has 0 amide bonds. The molecule has 4 N–H and O–H groups in total. The molecular formula is C3H10N2O2S. The van der Waals surface area contributed by atoms with E-state index in [0.717, 1.165) is 0 Å². The zero-order valence-corrected chi connectivity index (χ0v) is 5.48. The predicted octanol–water partition coefficient (Wildman–Crippen LogP) is -1.03. The Balaban J connectivity index is 4.04. The second-order valence-corrected chi connectivity index (χ2v) is 3.32. The van der Waals surface area contributed by atoms with Crippen molar-refractivity contribution in [3.05, 3.63) is 0 Å². The Morgan fingerprint density at radius 3 is 2.00 bits per heavy atom. The molecule has 0 saturated heterocycles. The van der Waals surface area contributed by atoms with E-state index in [4.69, 9.17) is 5.73 Å². The molecule has 0 aromatic rings. The van der Waals surface area contributed by atoms with E-state index in [1.807, 2.05) is 0 Å². The summed E-state index contributed by atoms with van der Waals surface area (Å²) in [5.41, 5.74) is 5.04. The highest BCUT2D eigenvalue weighted by molar-refractivity contribution is 7.89. The van der Waals surface area contributed by atoms with E-state index < -0.39 is 15.4 Å². The van der Waals surface area contributed by atoms with Gasteiger partial charge in [-0.3, -0.25) is 0 Å². The lowest BCUT2D eigenvalue weighted by Crippen LogP contribution is -2.35. The minimum absolute atomic E-state index is 0.360. The first-order valence-corrected chi connectivity index (χ1v) is 3.86. The fourth-order valence-corrected chi connectivity index (χ4v) is 0.697. The zero-order valence-electron chi connectivity index (χ0n) is 4.66. The third kappa shape index (κ3) is 2.25. The topological polar surface area (TPSA) is 86.2 Å².